The number of rotatable bonds is 6. The van der Waals surface area contributed by atoms with Crippen LogP contribution in [0.4, 0.5) is 11.4 Å². The predicted octanol–water partition coefficient (Wildman–Crippen LogP) is 3.39. The van der Waals surface area contributed by atoms with Crippen molar-refractivity contribution < 1.29 is 14.3 Å². The first-order valence-electron chi connectivity index (χ1n) is 8.58. The number of benzene rings is 2. The van der Waals surface area contributed by atoms with Crippen molar-refractivity contribution in [2.24, 2.45) is 0 Å². The van der Waals surface area contributed by atoms with Crippen LogP contribution < -0.4 is 15.0 Å². The molecule has 0 bridgehead atoms. The monoisotopic (exact) mass is 338 g/mol. The van der Waals surface area contributed by atoms with Gasteiger partial charge in [-0.15, -0.1) is 0 Å². The van der Waals surface area contributed by atoms with E-state index in [1.54, 1.807) is 11.0 Å². The second-order valence-corrected chi connectivity index (χ2v) is 6.00. The largest absolute Gasteiger partial charge is 0.484 e. The molecular formula is C20H22N2O3. The van der Waals surface area contributed by atoms with Gasteiger partial charge in [0, 0.05) is 13.0 Å². The Balaban J connectivity index is 1.64. The second kappa shape index (κ2) is 7.83. The highest BCUT2D eigenvalue weighted by Crippen LogP contribution is 2.29. The summed E-state index contributed by atoms with van der Waals surface area (Å²) in [4.78, 5) is 25.9. The van der Waals surface area contributed by atoms with Gasteiger partial charge in [-0.1, -0.05) is 31.2 Å². The lowest BCUT2D eigenvalue weighted by Gasteiger charge is -2.20. The number of para-hydroxylation sites is 2. The maximum absolute atomic E-state index is 12.2. The molecule has 0 saturated carbocycles. The first-order chi connectivity index (χ1) is 12.2. The third kappa shape index (κ3) is 4.18. The molecule has 2 aromatic rings. The molecule has 1 saturated heterocycles. The van der Waals surface area contributed by atoms with Gasteiger partial charge in [0.25, 0.3) is 5.91 Å². The molecule has 5 heteroatoms. The Hall–Kier alpha value is -2.82. The molecule has 130 valence electrons. The molecule has 1 heterocycles. The molecule has 0 spiro atoms. The number of aryl methyl sites for hydroxylation is 1. The quantitative estimate of drug-likeness (QED) is 0.878. The number of nitrogens with one attached hydrogen (secondary N) is 1. The van der Waals surface area contributed by atoms with Crippen LogP contribution in [0.2, 0.25) is 0 Å². The van der Waals surface area contributed by atoms with E-state index in [4.69, 9.17) is 4.74 Å². The number of hydrogen-bond acceptors (Lipinski definition) is 3. The summed E-state index contributed by atoms with van der Waals surface area (Å²) in [6.45, 7) is 2.68. The number of anilines is 2. The molecule has 0 radical (unpaired) electrons. The summed E-state index contributed by atoms with van der Waals surface area (Å²) < 4.78 is 5.58. The summed E-state index contributed by atoms with van der Waals surface area (Å²) in [7, 11) is 0. The average molecular weight is 338 g/mol. The van der Waals surface area contributed by atoms with Crippen molar-refractivity contribution in [3.05, 3.63) is 54.1 Å². The van der Waals surface area contributed by atoms with Crippen LogP contribution in [0.1, 0.15) is 25.3 Å². The summed E-state index contributed by atoms with van der Waals surface area (Å²) in [5.74, 6) is 0.521. The zero-order valence-electron chi connectivity index (χ0n) is 14.3. The van der Waals surface area contributed by atoms with Crippen LogP contribution in [0.15, 0.2) is 48.5 Å². The second-order valence-electron chi connectivity index (χ2n) is 6.00. The summed E-state index contributed by atoms with van der Waals surface area (Å²) in [5, 5.41) is 2.85. The molecular weight excluding hydrogens is 316 g/mol. The molecule has 1 aliphatic heterocycles. The SMILES string of the molecule is CCc1cccc(OCC(=O)Nc2ccccc2N2CCCC2=O)c1. The summed E-state index contributed by atoms with van der Waals surface area (Å²) in [6.07, 6.45) is 2.32. The molecule has 0 aromatic heterocycles. The smallest absolute Gasteiger partial charge is 0.262 e. The van der Waals surface area contributed by atoms with Crippen LogP contribution in [0, 0.1) is 0 Å². The van der Waals surface area contributed by atoms with Gasteiger partial charge in [0.15, 0.2) is 6.61 Å². The third-order valence-corrected chi connectivity index (χ3v) is 4.22. The zero-order valence-corrected chi connectivity index (χ0v) is 14.3. The Morgan fingerprint density at radius 1 is 1.20 bits per heavy atom. The van der Waals surface area contributed by atoms with Crippen LogP contribution in [0.5, 0.6) is 5.75 Å². The van der Waals surface area contributed by atoms with Gasteiger partial charge in [-0.05, 0) is 42.7 Å². The van der Waals surface area contributed by atoms with Gasteiger partial charge < -0.3 is 15.0 Å². The lowest BCUT2D eigenvalue weighted by molar-refractivity contribution is -0.118. The minimum Gasteiger partial charge on any atom is -0.484 e. The minimum absolute atomic E-state index is 0.0740. The maximum atomic E-state index is 12.2. The molecule has 1 aliphatic rings. The maximum Gasteiger partial charge on any atom is 0.262 e. The van der Waals surface area contributed by atoms with E-state index in [1.807, 2.05) is 42.5 Å². The number of carbonyl (C=O) groups is 2. The topological polar surface area (TPSA) is 58.6 Å². The van der Waals surface area contributed by atoms with Gasteiger partial charge in [-0.3, -0.25) is 9.59 Å². The van der Waals surface area contributed by atoms with Crippen molar-refractivity contribution in [2.45, 2.75) is 26.2 Å². The number of ether oxygens (including phenoxy) is 1. The van der Waals surface area contributed by atoms with E-state index in [-0.39, 0.29) is 18.4 Å². The average Bonchev–Trinajstić information content (AvgIpc) is 3.06. The van der Waals surface area contributed by atoms with E-state index >= 15 is 0 Å². The van der Waals surface area contributed by atoms with Gasteiger partial charge in [0.05, 0.1) is 11.4 Å². The van der Waals surface area contributed by atoms with Gasteiger partial charge in [-0.25, -0.2) is 0 Å². The molecule has 5 nitrogen and oxygen atoms in total. The molecule has 2 aromatic carbocycles. The van der Waals surface area contributed by atoms with E-state index in [9.17, 15) is 9.59 Å². The van der Waals surface area contributed by atoms with Gasteiger partial charge in [0.2, 0.25) is 5.91 Å². The molecule has 0 atom stereocenters. The lowest BCUT2D eigenvalue weighted by Crippen LogP contribution is -2.26. The molecule has 3 rings (SSSR count). The van der Waals surface area contributed by atoms with E-state index in [0.29, 0.717) is 24.4 Å². The van der Waals surface area contributed by atoms with Crippen LogP contribution >= 0.6 is 0 Å². The van der Waals surface area contributed by atoms with Gasteiger partial charge in [-0.2, -0.15) is 0 Å². The molecule has 25 heavy (non-hydrogen) atoms. The predicted molar refractivity (Wildman–Crippen MR) is 98.0 cm³/mol. The highest BCUT2D eigenvalue weighted by Gasteiger charge is 2.24. The van der Waals surface area contributed by atoms with Crippen LogP contribution in [0.3, 0.4) is 0 Å². The highest BCUT2D eigenvalue weighted by molar-refractivity contribution is 6.02. The minimum atomic E-state index is -0.249. The van der Waals surface area contributed by atoms with E-state index in [2.05, 4.69) is 12.2 Å². The summed E-state index contributed by atoms with van der Waals surface area (Å²) >= 11 is 0. The number of hydrogen-bond donors (Lipinski definition) is 1. The third-order valence-electron chi connectivity index (χ3n) is 4.22. The number of carbonyl (C=O) groups excluding carboxylic acids is 2. The Morgan fingerprint density at radius 3 is 2.80 bits per heavy atom. The fraction of sp³-hybridized carbons (Fsp3) is 0.300. The summed E-state index contributed by atoms with van der Waals surface area (Å²) in [5.41, 5.74) is 2.54. The highest BCUT2D eigenvalue weighted by atomic mass is 16.5. The standard InChI is InChI=1S/C20H22N2O3/c1-2-15-7-5-8-16(13-15)25-14-19(23)21-17-9-3-4-10-18(17)22-12-6-11-20(22)24/h3-5,7-10,13H,2,6,11-12,14H2,1H3,(H,21,23). The van der Waals surface area contributed by atoms with Crippen molar-refractivity contribution >= 4 is 23.2 Å². The fourth-order valence-corrected chi connectivity index (χ4v) is 2.91. The lowest BCUT2D eigenvalue weighted by atomic mass is 10.2. The Kier molecular flexibility index (Phi) is 5.33. The Bertz CT molecular complexity index is 773. The van der Waals surface area contributed by atoms with E-state index in [0.717, 1.165) is 24.1 Å². The van der Waals surface area contributed by atoms with Crippen molar-refractivity contribution in [2.75, 3.05) is 23.4 Å². The van der Waals surface area contributed by atoms with Crippen molar-refractivity contribution in [3.63, 3.8) is 0 Å². The Labute approximate surface area is 147 Å². The number of nitrogens with zero attached hydrogens (tertiary/aromatic N) is 1. The van der Waals surface area contributed by atoms with Gasteiger partial charge >= 0.3 is 0 Å². The fourth-order valence-electron chi connectivity index (χ4n) is 2.91. The number of amides is 2. The summed E-state index contributed by atoms with van der Waals surface area (Å²) in [6, 6.07) is 15.1. The van der Waals surface area contributed by atoms with Gasteiger partial charge in [0.1, 0.15) is 5.75 Å². The first-order valence-corrected chi connectivity index (χ1v) is 8.58. The molecule has 0 aliphatic carbocycles. The van der Waals surface area contributed by atoms with Crippen molar-refractivity contribution in [3.8, 4) is 5.75 Å². The molecule has 1 fully saturated rings. The van der Waals surface area contributed by atoms with Crippen LogP contribution in [-0.4, -0.2) is 25.0 Å². The zero-order chi connectivity index (χ0) is 17.6. The molecule has 0 unspecified atom stereocenters. The first kappa shape index (κ1) is 17.0. The van der Waals surface area contributed by atoms with E-state index < -0.39 is 0 Å². The van der Waals surface area contributed by atoms with Crippen LogP contribution in [-0.2, 0) is 16.0 Å². The normalized spacial score (nSPS) is 13.8. The molecule has 2 amide bonds. The van der Waals surface area contributed by atoms with E-state index in [1.165, 1.54) is 0 Å². The van der Waals surface area contributed by atoms with Crippen LogP contribution in [0.25, 0.3) is 0 Å². The molecule has 1 N–H and O–H groups in total. The van der Waals surface area contributed by atoms with Crippen molar-refractivity contribution in [1.29, 1.82) is 0 Å². The van der Waals surface area contributed by atoms with Crippen molar-refractivity contribution in [1.82, 2.24) is 0 Å². The Morgan fingerprint density at radius 2 is 2.04 bits per heavy atom.